The van der Waals surface area contributed by atoms with Crippen molar-refractivity contribution in [2.75, 3.05) is 0 Å². The van der Waals surface area contributed by atoms with Gasteiger partial charge in [-0.2, -0.15) is 0 Å². The summed E-state index contributed by atoms with van der Waals surface area (Å²) in [4.78, 5) is 0. The molecule has 3 heteroatoms. The van der Waals surface area contributed by atoms with E-state index in [1.54, 1.807) is 0 Å². The number of hydrogen-bond acceptors (Lipinski definition) is 1. The van der Waals surface area contributed by atoms with Gasteiger partial charge in [-0.15, -0.1) is 0 Å². The standard InChI is InChI=1S/C33H38I2O/c1-6-12-26(28-15-9-8-13-22(28)3)19-20-32(36)24(5)25(7-2)21-27-14-10-16-29(23(27)4)30-17-11-18-31(34)33(30)35/h8-11,13-18,21,26,32,36H,5-7,12,19-20H2,1-4H3/b25-21+/t26-,32?/m1/s1. The normalized spacial score (nSPS) is 13.5. The van der Waals surface area contributed by atoms with Crippen LogP contribution in [0.5, 0.6) is 0 Å². The van der Waals surface area contributed by atoms with Crippen molar-refractivity contribution in [3.63, 3.8) is 0 Å². The molecule has 2 atom stereocenters. The number of halogens is 2. The third-order valence-electron chi connectivity index (χ3n) is 7.20. The predicted octanol–water partition coefficient (Wildman–Crippen LogP) is 10.3. The zero-order valence-corrected chi connectivity index (χ0v) is 26.3. The highest BCUT2D eigenvalue weighted by Gasteiger charge is 2.18. The van der Waals surface area contributed by atoms with Gasteiger partial charge in [0.25, 0.3) is 0 Å². The Kier molecular flexibility index (Phi) is 11.3. The molecule has 0 saturated heterocycles. The van der Waals surface area contributed by atoms with Gasteiger partial charge in [0.1, 0.15) is 0 Å². The van der Waals surface area contributed by atoms with Crippen molar-refractivity contribution >= 4 is 51.3 Å². The Balaban J connectivity index is 1.81. The average Bonchev–Trinajstić information content (AvgIpc) is 2.87. The molecular weight excluding hydrogens is 666 g/mol. The lowest BCUT2D eigenvalue weighted by Crippen LogP contribution is -2.14. The molecule has 1 unspecified atom stereocenters. The molecule has 0 aliphatic rings. The maximum absolute atomic E-state index is 11.2. The summed E-state index contributed by atoms with van der Waals surface area (Å²) in [7, 11) is 0. The van der Waals surface area contributed by atoms with Gasteiger partial charge >= 0.3 is 0 Å². The van der Waals surface area contributed by atoms with Gasteiger partial charge in [0.2, 0.25) is 0 Å². The molecule has 3 rings (SSSR count). The first-order valence-corrected chi connectivity index (χ1v) is 15.1. The van der Waals surface area contributed by atoms with Crippen LogP contribution in [0.15, 0.2) is 78.4 Å². The van der Waals surface area contributed by atoms with Crippen LogP contribution in [0.2, 0.25) is 0 Å². The van der Waals surface area contributed by atoms with Gasteiger partial charge in [-0.05, 0) is 141 Å². The van der Waals surface area contributed by atoms with Gasteiger partial charge in [-0.3, -0.25) is 0 Å². The van der Waals surface area contributed by atoms with E-state index in [0.717, 1.165) is 43.3 Å². The van der Waals surface area contributed by atoms with Gasteiger partial charge in [-0.1, -0.05) is 87.5 Å². The molecule has 36 heavy (non-hydrogen) atoms. The van der Waals surface area contributed by atoms with E-state index in [4.69, 9.17) is 0 Å². The zero-order valence-electron chi connectivity index (χ0n) is 22.0. The molecule has 1 nitrogen and oxygen atoms in total. The third kappa shape index (κ3) is 7.11. The van der Waals surface area contributed by atoms with Gasteiger partial charge < -0.3 is 5.11 Å². The fourth-order valence-electron chi connectivity index (χ4n) is 5.02. The van der Waals surface area contributed by atoms with E-state index in [1.165, 1.54) is 40.5 Å². The molecule has 3 aromatic rings. The molecule has 3 aromatic carbocycles. The number of benzene rings is 3. The minimum atomic E-state index is -0.528. The first-order chi connectivity index (χ1) is 17.3. The van der Waals surface area contributed by atoms with E-state index >= 15 is 0 Å². The van der Waals surface area contributed by atoms with Crippen LogP contribution in [-0.4, -0.2) is 11.2 Å². The summed E-state index contributed by atoms with van der Waals surface area (Å²) in [5.41, 5.74) is 9.72. The molecular formula is C33H38I2O. The maximum atomic E-state index is 11.2. The molecule has 190 valence electrons. The number of hydrogen-bond donors (Lipinski definition) is 1. The predicted molar refractivity (Wildman–Crippen MR) is 174 cm³/mol. The number of aliphatic hydroxyl groups is 1. The van der Waals surface area contributed by atoms with E-state index < -0.39 is 6.10 Å². The van der Waals surface area contributed by atoms with Crippen LogP contribution in [0.25, 0.3) is 17.2 Å². The fourth-order valence-corrected chi connectivity index (χ4v) is 6.17. The van der Waals surface area contributed by atoms with Crippen molar-refractivity contribution in [1.82, 2.24) is 0 Å². The second-order valence-electron chi connectivity index (χ2n) is 9.60. The molecule has 0 fully saturated rings. The molecule has 0 heterocycles. The second-order valence-corrected chi connectivity index (χ2v) is 11.8. The van der Waals surface area contributed by atoms with Crippen molar-refractivity contribution in [2.24, 2.45) is 0 Å². The van der Waals surface area contributed by atoms with Gasteiger partial charge in [0, 0.05) is 7.14 Å². The van der Waals surface area contributed by atoms with E-state index in [0.29, 0.717) is 5.92 Å². The summed E-state index contributed by atoms with van der Waals surface area (Å²) in [6, 6.07) is 21.7. The van der Waals surface area contributed by atoms with Crippen molar-refractivity contribution in [3.8, 4) is 11.1 Å². The quantitative estimate of drug-likeness (QED) is 0.156. The molecule has 0 aliphatic carbocycles. The van der Waals surface area contributed by atoms with Crippen LogP contribution < -0.4 is 0 Å². The molecule has 0 aliphatic heterocycles. The highest BCUT2D eigenvalue weighted by Crippen LogP contribution is 2.34. The minimum Gasteiger partial charge on any atom is -0.388 e. The minimum absolute atomic E-state index is 0.475. The highest BCUT2D eigenvalue weighted by molar-refractivity contribution is 14.1. The summed E-state index contributed by atoms with van der Waals surface area (Å²) >= 11 is 4.85. The Morgan fingerprint density at radius 2 is 1.58 bits per heavy atom. The monoisotopic (exact) mass is 704 g/mol. The summed E-state index contributed by atoms with van der Waals surface area (Å²) < 4.78 is 2.55. The van der Waals surface area contributed by atoms with Crippen LogP contribution in [0, 0.1) is 21.0 Å². The summed E-state index contributed by atoms with van der Waals surface area (Å²) in [6.07, 6.45) is 6.53. The van der Waals surface area contributed by atoms with Crippen LogP contribution in [-0.2, 0) is 0 Å². The smallest absolute Gasteiger partial charge is 0.0787 e. The molecule has 1 N–H and O–H groups in total. The number of aryl methyl sites for hydroxylation is 1. The summed E-state index contributed by atoms with van der Waals surface area (Å²) in [5, 5.41) is 11.2. The lowest BCUT2D eigenvalue weighted by atomic mass is 9.85. The average molecular weight is 704 g/mol. The van der Waals surface area contributed by atoms with E-state index in [1.807, 2.05) is 0 Å². The lowest BCUT2D eigenvalue weighted by molar-refractivity contribution is 0.195. The highest BCUT2D eigenvalue weighted by atomic mass is 127. The number of aliphatic hydroxyl groups excluding tert-OH is 1. The van der Waals surface area contributed by atoms with Crippen LogP contribution in [0.3, 0.4) is 0 Å². The molecule has 0 saturated carbocycles. The molecule has 0 bridgehead atoms. The van der Waals surface area contributed by atoms with Crippen molar-refractivity contribution in [1.29, 1.82) is 0 Å². The fraction of sp³-hybridized carbons (Fsp3) is 0.333. The first-order valence-electron chi connectivity index (χ1n) is 13.0. The van der Waals surface area contributed by atoms with E-state index in [2.05, 4.69) is 146 Å². The van der Waals surface area contributed by atoms with Crippen LogP contribution in [0.1, 0.15) is 74.1 Å². The maximum Gasteiger partial charge on any atom is 0.0787 e. The number of rotatable bonds is 11. The zero-order chi connectivity index (χ0) is 26.2. The molecule has 0 radical (unpaired) electrons. The Hall–Kier alpha value is -1.44. The van der Waals surface area contributed by atoms with Crippen molar-refractivity contribution < 1.29 is 5.11 Å². The summed E-state index contributed by atoms with van der Waals surface area (Å²) in [5.74, 6) is 0.475. The van der Waals surface area contributed by atoms with E-state index in [9.17, 15) is 5.11 Å². The van der Waals surface area contributed by atoms with Crippen molar-refractivity contribution in [2.45, 2.75) is 71.8 Å². The van der Waals surface area contributed by atoms with Gasteiger partial charge in [-0.25, -0.2) is 0 Å². The SMILES string of the molecule is C=C(/C(=C/c1cccc(-c2cccc(I)c2I)c1C)CC)C(O)CC[C@@H](CCC)c1ccccc1C. The van der Waals surface area contributed by atoms with Gasteiger partial charge in [0.05, 0.1) is 6.10 Å². The molecule has 0 amide bonds. The van der Waals surface area contributed by atoms with Gasteiger partial charge in [0.15, 0.2) is 0 Å². The van der Waals surface area contributed by atoms with Crippen molar-refractivity contribution in [3.05, 3.63) is 108 Å². The molecule has 0 aromatic heterocycles. The second kappa shape index (κ2) is 13.9. The van der Waals surface area contributed by atoms with Crippen LogP contribution >= 0.6 is 45.2 Å². The Morgan fingerprint density at radius 1 is 0.889 bits per heavy atom. The first kappa shape index (κ1) is 29.1. The topological polar surface area (TPSA) is 20.2 Å². The Morgan fingerprint density at radius 3 is 2.28 bits per heavy atom. The van der Waals surface area contributed by atoms with E-state index in [-0.39, 0.29) is 0 Å². The largest absolute Gasteiger partial charge is 0.388 e. The Labute approximate surface area is 245 Å². The third-order valence-corrected chi connectivity index (χ3v) is 10.3. The Bertz CT molecular complexity index is 1220. The van der Waals surface area contributed by atoms with Crippen LogP contribution in [0.4, 0.5) is 0 Å². The lowest BCUT2D eigenvalue weighted by Gasteiger charge is -2.22. The summed E-state index contributed by atoms with van der Waals surface area (Å²) in [6.45, 7) is 13.1. The molecule has 0 spiro atoms.